The summed E-state index contributed by atoms with van der Waals surface area (Å²) in [6, 6.07) is 7.60. The molecule has 0 aliphatic carbocycles. The lowest BCUT2D eigenvalue weighted by atomic mass is 10.1. The van der Waals surface area contributed by atoms with Crippen LogP contribution in [0.4, 0.5) is 17.5 Å². The zero-order chi connectivity index (χ0) is 17.1. The SMILES string of the molecule is Cc1cc(C)cc(NC(=O)c2cnc(Nc3cc(C)on3)nc2)c1. The van der Waals surface area contributed by atoms with E-state index < -0.39 is 0 Å². The fourth-order valence-electron chi connectivity index (χ4n) is 2.30. The standard InChI is InChI=1S/C17H17N5O2/c1-10-4-11(2)6-14(5-10)20-16(23)13-8-18-17(19-9-13)21-15-7-12(3)24-22-15/h4-9H,1-3H3,(H,20,23)(H,18,19,21,22). The van der Waals surface area contributed by atoms with Crippen molar-refractivity contribution < 1.29 is 9.32 Å². The summed E-state index contributed by atoms with van der Waals surface area (Å²) >= 11 is 0. The molecule has 7 nitrogen and oxygen atoms in total. The molecule has 0 aliphatic rings. The number of hydrogen-bond donors (Lipinski definition) is 2. The maximum Gasteiger partial charge on any atom is 0.258 e. The molecule has 1 aromatic carbocycles. The highest BCUT2D eigenvalue weighted by atomic mass is 16.5. The molecule has 0 saturated carbocycles. The Balaban J connectivity index is 1.69. The van der Waals surface area contributed by atoms with E-state index in [0.29, 0.717) is 23.1 Å². The van der Waals surface area contributed by atoms with Crippen LogP contribution in [0.25, 0.3) is 0 Å². The molecule has 3 rings (SSSR count). The Bertz CT molecular complexity index is 851. The summed E-state index contributed by atoms with van der Waals surface area (Å²) in [5, 5.41) is 9.54. The van der Waals surface area contributed by atoms with E-state index in [1.54, 1.807) is 13.0 Å². The van der Waals surface area contributed by atoms with Gasteiger partial charge >= 0.3 is 0 Å². The van der Waals surface area contributed by atoms with Crippen molar-refractivity contribution >= 4 is 23.4 Å². The number of hydrogen-bond acceptors (Lipinski definition) is 6. The molecule has 0 unspecified atom stereocenters. The summed E-state index contributed by atoms with van der Waals surface area (Å²) in [5.74, 6) is 1.27. The predicted octanol–water partition coefficient (Wildman–Crippen LogP) is 3.39. The number of benzene rings is 1. The van der Waals surface area contributed by atoms with Crippen molar-refractivity contribution in [1.82, 2.24) is 15.1 Å². The van der Waals surface area contributed by atoms with Crippen LogP contribution in [0.15, 0.2) is 41.2 Å². The lowest BCUT2D eigenvalue weighted by molar-refractivity contribution is 0.102. The Morgan fingerprint density at radius 1 is 1.00 bits per heavy atom. The fraction of sp³-hybridized carbons (Fsp3) is 0.176. The zero-order valence-electron chi connectivity index (χ0n) is 13.6. The summed E-state index contributed by atoms with van der Waals surface area (Å²) in [7, 11) is 0. The van der Waals surface area contributed by atoms with Crippen LogP contribution in [0.5, 0.6) is 0 Å². The second-order valence-corrected chi connectivity index (χ2v) is 5.57. The van der Waals surface area contributed by atoms with Gasteiger partial charge in [0.05, 0.1) is 5.56 Å². The zero-order valence-corrected chi connectivity index (χ0v) is 13.6. The van der Waals surface area contributed by atoms with Crippen LogP contribution in [0.1, 0.15) is 27.2 Å². The number of nitrogens with one attached hydrogen (secondary N) is 2. The molecule has 2 heterocycles. The van der Waals surface area contributed by atoms with E-state index in [1.165, 1.54) is 12.4 Å². The van der Waals surface area contributed by atoms with Gasteiger partial charge in [-0.3, -0.25) is 4.79 Å². The van der Waals surface area contributed by atoms with Gasteiger partial charge in [0.2, 0.25) is 5.95 Å². The Morgan fingerprint density at radius 2 is 1.67 bits per heavy atom. The second-order valence-electron chi connectivity index (χ2n) is 5.57. The molecule has 0 bridgehead atoms. The number of carbonyl (C=O) groups is 1. The number of amides is 1. The van der Waals surface area contributed by atoms with Crippen molar-refractivity contribution in [2.45, 2.75) is 20.8 Å². The molecular weight excluding hydrogens is 306 g/mol. The van der Waals surface area contributed by atoms with Crippen LogP contribution in [-0.2, 0) is 0 Å². The lowest BCUT2D eigenvalue weighted by Gasteiger charge is -2.07. The maximum atomic E-state index is 12.3. The Kier molecular flexibility index (Phi) is 4.24. The molecule has 0 spiro atoms. The summed E-state index contributed by atoms with van der Waals surface area (Å²) in [4.78, 5) is 20.5. The third kappa shape index (κ3) is 3.75. The van der Waals surface area contributed by atoms with Gasteiger partial charge in [0, 0.05) is 24.1 Å². The average molecular weight is 323 g/mol. The van der Waals surface area contributed by atoms with E-state index in [1.807, 2.05) is 32.0 Å². The quantitative estimate of drug-likeness (QED) is 0.764. The highest BCUT2D eigenvalue weighted by molar-refractivity contribution is 6.04. The molecular formula is C17H17N5O2. The molecule has 24 heavy (non-hydrogen) atoms. The molecule has 122 valence electrons. The third-order valence-corrected chi connectivity index (χ3v) is 3.26. The highest BCUT2D eigenvalue weighted by Gasteiger charge is 2.09. The van der Waals surface area contributed by atoms with Crippen molar-refractivity contribution in [2.24, 2.45) is 0 Å². The van der Waals surface area contributed by atoms with Crippen molar-refractivity contribution in [3.63, 3.8) is 0 Å². The average Bonchev–Trinajstić information content (AvgIpc) is 2.92. The van der Waals surface area contributed by atoms with E-state index in [9.17, 15) is 4.79 Å². The normalized spacial score (nSPS) is 10.5. The number of aromatic nitrogens is 3. The summed E-state index contributed by atoms with van der Waals surface area (Å²) in [6.45, 7) is 5.76. The molecule has 0 fully saturated rings. The van der Waals surface area contributed by atoms with Gasteiger partial charge in [-0.1, -0.05) is 11.2 Å². The lowest BCUT2D eigenvalue weighted by Crippen LogP contribution is -2.13. The number of rotatable bonds is 4. The van der Waals surface area contributed by atoms with Gasteiger partial charge in [0.15, 0.2) is 5.82 Å². The van der Waals surface area contributed by atoms with E-state index in [2.05, 4.69) is 25.8 Å². The topological polar surface area (TPSA) is 92.9 Å². The van der Waals surface area contributed by atoms with Gasteiger partial charge in [-0.15, -0.1) is 0 Å². The second kappa shape index (κ2) is 6.49. The van der Waals surface area contributed by atoms with Crippen molar-refractivity contribution in [2.75, 3.05) is 10.6 Å². The Morgan fingerprint density at radius 3 is 2.25 bits per heavy atom. The molecule has 0 saturated heterocycles. The van der Waals surface area contributed by atoms with Gasteiger partial charge in [-0.2, -0.15) is 0 Å². The number of nitrogens with zero attached hydrogens (tertiary/aromatic N) is 3. The smallest absolute Gasteiger partial charge is 0.258 e. The highest BCUT2D eigenvalue weighted by Crippen LogP contribution is 2.16. The first kappa shape index (κ1) is 15.7. The maximum absolute atomic E-state index is 12.3. The van der Waals surface area contributed by atoms with E-state index in [-0.39, 0.29) is 5.91 Å². The molecule has 7 heteroatoms. The van der Waals surface area contributed by atoms with Crippen LogP contribution in [0.3, 0.4) is 0 Å². The fourth-order valence-corrected chi connectivity index (χ4v) is 2.30. The van der Waals surface area contributed by atoms with Crippen molar-refractivity contribution in [3.8, 4) is 0 Å². The first-order valence-electron chi connectivity index (χ1n) is 7.41. The minimum atomic E-state index is -0.260. The van der Waals surface area contributed by atoms with E-state index in [0.717, 1.165) is 16.8 Å². The van der Waals surface area contributed by atoms with Gasteiger partial charge in [-0.05, 0) is 44.0 Å². The Labute approximate surface area is 139 Å². The monoisotopic (exact) mass is 323 g/mol. The molecule has 1 amide bonds. The molecule has 2 N–H and O–H groups in total. The molecule has 0 radical (unpaired) electrons. The van der Waals surface area contributed by atoms with Gasteiger partial charge in [0.1, 0.15) is 5.76 Å². The van der Waals surface area contributed by atoms with E-state index >= 15 is 0 Å². The molecule has 0 atom stereocenters. The number of anilines is 3. The summed E-state index contributed by atoms with van der Waals surface area (Å²) in [6.07, 6.45) is 2.92. The number of aryl methyl sites for hydroxylation is 3. The molecule has 0 aliphatic heterocycles. The van der Waals surface area contributed by atoms with Crippen molar-refractivity contribution in [1.29, 1.82) is 0 Å². The first-order chi connectivity index (χ1) is 11.5. The van der Waals surface area contributed by atoms with Crippen molar-refractivity contribution in [3.05, 3.63) is 59.1 Å². The van der Waals surface area contributed by atoms with Gasteiger partial charge < -0.3 is 15.2 Å². The summed E-state index contributed by atoms with van der Waals surface area (Å²) < 4.78 is 4.95. The third-order valence-electron chi connectivity index (χ3n) is 3.26. The van der Waals surface area contributed by atoms with Crippen LogP contribution >= 0.6 is 0 Å². The predicted molar refractivity (Wildman–Crippen MR) is 90.4 cm³/mol. The van der Waals surface area contributed by atoms with Crippen LogP contribution < -0.4 is 10.6 Å². The molecule has 3 aromatic rings. The van der Waals surface area contributed by atoms with Gasteiger partial charge in [-0.25, -0.2) is 9.97 Å². The largest absolute Gasteiger partial charge is 0.360 e. The first-order valence-corrected chi connectivity index (χ1v) is 7.41. The van der Waals surface area contributed by atoms with Crippen LogP contribution in [-0.4, -0.2) is 21.0 Å². The van der Waals surface area contributed by atoms with Crippen LogP contribution in [0.2, 0.25) is 0 Å². The summed E-state index contributed by atoms with van der Waals surface area (Å²) in [5.41, 5.74) is 3.29. The minimum absolute atomic E-state index is 0.260. The van der Waals surface area contributed by atoms with Gasteiger partial charge in [0.25, 0.3) is 5.91 Å². The van der Waals surface area contributed by atoms with E-state index in [4.69, 9.17) is 4.52 Å². The Hall–Kier alpha value is -3.22. The molecule has 2 aromatic heterocycles. The minimum Gasteiger partial charge on any atom is -0.360 e. The number of carbonyl (C=O) groups excluding carboxylic acids is 1. The van der Waals surface area contributed by atoms with Crippen LogP contribution in [0, 0.1) is 20.8 Å².